The van der Waals surface area contributed by atoms with E-state index in [0.29, 0.717) is 19.8 Å². The lowest BCUT2D eigenvalue weighted by Gasteiger charge is -2.31. The molecule has 1 amide bonds. The molecule has 0 bridgehead atoms. The smallest absolute Gasteiger partial charge is 0.241 e. The van der Waals surface area contributed by atoms with E-state index in [9.17, 15) is 4.79 Å². The van der Waals surface area contributed by atoms with Crippen LogP contribution >= 0.6 is 12.4 Å². The van der Waals surface area contributed by atoms with Crippen LogP contribution in [0.3, 0.4) is 0 Å². The largest absolute Gasteiger partial charge is 0.486 e. The minimum absolute atomic E-state index is 0. The quantitative estimate of drug-likeness (QED) is 0.802. The van der Waals surface area contributed by atoms with E-state index in [2.05, 4.69) is 17.4 Å². The van der Waals surface area contributed by atoms with Crippen LogP contribution in [-0.2, 0) is 10.2 Å². The average molecular weight is 403 g/mol. The number of amides is 1. The number of nitrogens with one attached hydrogen (secondary N) is 1. The van der Waals surface area contributed by atoms with Gasteiger partial charge >= 0.3 is 0 Å². The summed E-state index contributed by atoms with van der Waals surface area (Å²) < 4.78 is 11.4. The predicted molar refractivity (Wildman–Crippen MR) is 111 cm³/mol. The Hall–Kier alpha value is -2.24. The third kappa shape index (κ3) is 4.10. The maximum Gasteiger partial charge on any atom is 0.241 e. The predicted octanol–water partition coefficient (Wildman–Crippen LogP) is 3.51. The van der Waals surface area contributed by atoms with Crippen LogP contribution < -0.4 is 20.5 Å². The van der Waals surface area contributed by atoms with E-state index in [1.165, 1.54) is 5.56 Å². The second-order valence-electron chi connectivity index (χ2n) is 7.45. The molecular formula is C22H27ClN2O3. The number of ether oxygens (including phenoxy) is 2. The molecule has 1 fully saturated rings. The number of fused-ring (bicyclic) bond motifs is 1. The van der Waals surface area contributed by atoms with Crippen molar-refractivity contribution in [1.29, 1.82) is 0 Å². The molecule has 0 radical (unpaired) electrons. The number of halogens is 1. The summed E-state index contributed by atoms with van der Waals surface area (Å²) in [5.41, 5.74) is 8.11. The van der Waals surface area contributed by atoms with Crippen molar-refractivity contribution in [3.05, 3.63) is 59.7 Å². The number of carbonyl (C=O) groups is 1. The van der Waals surface area contributed by atoms with Crippen molar-refractivity contribution >= 4 is 18.3 Å². The molecule has 2 aromatic carbocycles. The van der Waals surface area contributed by atoms with Crippen LogP contribution in [0.1, 0.15) is 42.9 Å². The van der Waals surface area contributed by atoms with Crippen LogP contribution in [0.2, 0.25) is 0 Å². The minimum atomic E-state index is -0.648. The van der Waals surface area contributed by atoms with Gasteiger partial charge in [-0.1, -0.05) is 49.2 Å². The number of carbonyl (C=O) groups excluding carboxylic acids is 1. The summed E-state index contributed by atoms with van der Waals surface area (Å²) in [6, 6.07) is 15.0. The van der Waals surface area contributed by atoms with E-state index in [1.54, 1.807) is 0 Å². The van der Waals surface area contributed by atoms with E-state index in [1.807, 2.05) is 36.4 Å². The summed E-state index contributed by atoms with van der Waals surface area (Å²) in [4.78, 5) is 12.6. The van der Waals surface area contributed by atoms with E-state index >= 15 is 0 Å². The summed E-state index contributed by atoms with van der Waals surface area (Å²) in [5, 5.41) is 3.11. The summed E-state index contributed by atoms with van der Waals surface area (Å²) >= 11 is 0. The number of rotatable bonds is 5. The molecule has 5 nitrogen and oxygen atoms in total. The van der Waals surface area contributed by atoms with E-state index in [-0.39, 0.29) is 23.7 Å². The maximum absolute atomic E-state index is 12.6. The van der Waals surface area contributed by atoms with Crippen LogP contribution in [0, 0.1) is 0 Å². The standard InChI is InChI=1S/C22H26N2O3.ClH/c23-20(16-6-2-1-3-7-16)21(25)24-15-22(10-4-5-11-22)17-8-9-18-19(14-17)27-13-12-26-18;/h1-3,6-9,14,20H,4-5,10-13,15,23H2,(H,24,25);1H. The third-order valence-corrected chi connectivity index (χ3v) is 5.76. The van der Waals surface area contributed by atoms with Gasteiger partial charge in [0, 0.05) is 12.0 Å². The van der Waals surface area contributed by atoms with Crippen molar-refractivity contribution in [2.75, 3.05) is 19.8 Å². The molecule has 2 aliphatic rings. The van der Waals surface area contributed by atoms with Gasteiger partial charge < -0.3 is 20.5 Å². The van der Waals surface area contributed by atoms with Crippen molar-refractivity contribution < 1.29 is 14.3 Å². The molecule has 1 heterocycles. The first-order valence-electron chi connectivity index (χ1n) is 9.66. The van der Waals surface area contributed by atoms with E-state index < -0.39 is 6.04 Å². The van der Waals surface area contributed by atoms with Crippen molar-refractivity contribution in [3.8, 4) is 11.5 Å². The molecule has 2 aromatic rings. The van der Waals surface area contributed by atoms with Crippen molar-refractivity contribution in [2.24, 2.45) is 5.73 Å². The van der Waals surface area contributed by atoms with Gasteiger partial charge in [0.15, 0.2) is 11.5 Å². The molecule has 1 aliphatic carbocycles. The molecule has 1 atom stereocenters. The van der Waals surface area contributed by atoms with Crippen LogP contribution in [0.4, 0.5) is 0 Å². The van der Waals surface area contributed by atoms with Crippen molar-refractivity contribution in [2.45, 2.75) is 37.1 Å². The lowest BCUT2D eigenvalue weighted by molar-refractivity contribution is -0.122. The second-order valence-corrected chi connectivity index (χ2v) is 7.45. The second kappa shape index (κ2) is 8.84. The molecule has 3 N–H and O–H groups in total. The Morgan fingerprint density at radius 2 is 1.71 bits per heavy atom. The van der Waals surface area contributed by atoms with Gasteiger partial charge in [0.25, 0.3) is 0 Å². The van der Waals surface area contributed by atoms with Crippen LogP contribution in [0.15, 0.2) is 48.5 Å². The van der Waals surface area contributed by atoms with E-state index in [4.69, 9.17) is 15.2 Å². The average Bonchev–Trinajstić information content (AvgIpc) is 3.22. The molecule has 1 unspecified atom stereocenters. The molecule has 0 saturated heterocycles. The Kier molecular flexibility index (Phi) is 6.47. The fourth-order valence-corrected chi connectivity index (χ4v) is 4.17. The van der Waals surface area contributed by atoms with Gasteiger partial charge in [-0.05, 0) is 36.1 Å². The highest BCUT2D eigenvalue weighted by Crippen LogP contribution is 2.43. The summed E-state index contributed by atoms with van der Waals surface area (Å²) in [7, 11) is 0. The van der Waals surface area contributed by atoms with Crippen LogP contribution in [0.25, 0.3) is 0 Å². The molecule has 1 aliphatic heterocycles. The van der Waals surface area contributed by atoms with Crippen molar-refractivity contribution in [1.82, 2.24) is 5.32 Å². The zero-order valence-electron chi connectivity index (χ0n) is 15.9. The lowest BCUT2D eigenvalue weighted by atomic mass is 9.78. The van der Waals surface area contributed by atoms with Gasteiger partial charge in [0.1, 0.15) is 19.3 Å². The first-order valence-corrected chi connectivity index (χ1v) is 9.66. The Morgan fingerprint density at radius 1 is 1.04 bits per heavy atom. The first kappa shape index (κ1) is 20.5. The molecule has 150 valence electrons. The fourth-order valence-electron chi connectivity index (χ4n) is 4.17. The first-order chi connectivity index (χ1) is 13.2. The highest BCUT2D eigenvalue weighted by Gasteiger charge is 2.37. The Morgan fingerprint density at radius 3 is 2.43 bits per heavy atom. The van der Waals surface area contributed by atoms with E-state index in [0.717, 1.165) is 42.7 Å². The summed E-state index contributed by atoms with van der Waals surface area (Å²) in [6.45, 7) is 1.75. The molecule has 0 aromatic heterocycles. The Bertz CT molecular complexity index is 807. The van der Waals surface area contributed by atoms with Gasteiger partial charge in [-0.3, -0.25) is 4.79 Å². The number of benzene rings is 2. The highest BCUT2D eigenvalue weighted by molar-refractivity contribution is 5.85. The molecule has 4 rings (SSSR count). The number of hydrogen-bond donors (Lipinski definition) is 2. The summed E-state index contributed by atoms with van der Waals surface area (Å²) in [5.74, 6) is 1.47. The Labute approximate surface area is 172 Å². The maximum atomic E-state index is 12.6. The van der Waals surface area contributed by atoms with Gasteiger partial charge in [-0.2, -0.15) is 0 Å². The van der Waals surface area contributed by atoms with Crippen molar-refractivity contribution in [3.63, 3.8) is 0 Å². The fraction of sp³-hybridized carbons (Fsp3) is 0.409. The zero-order chi connectivity index (χ0) is 18.7. The molecule has 28 heavy (non-hydrogen) atoms. The van der Waals surface area contributed by atoms with Gasteiger partial charge in [-0.15, -0.1) is 12.4 Å². The zero-order valence-corrected chi connectivity index (χ0v) is 16.7. The van der Waals surface area contributed by atoms with Gasteiger partial charge in [0.05, 0.1) is 0 Å². The monoisotopic (exact) mass is 402 g/mol. The van der Waals surface area contributed by atoms with Gasteiger partial charge in [-0.25, -0.2) is 0 Å². The molecule has 1 saturated carbocycles. The lowest BCUT2D eigenvalue weighted by Crippen LogP contribution is -2.42. The number of nitrogens with two attached hydrogens (primary N) is 1. The van der Waals surface area contributed by atoms with Crippen LogP contribution in [0.5, 0.6) is 11.5 Å². The minimum Gasteiger partial charge on any atom is -0.486 e. The third-order valence-electron chi connectivity index (χ3n) is 5.76. The number of hydrogen-bond acceptors (Lipinski definition) is 4. The normalized spacial score (nSPS) is 18.0. The molecular weight excluding hydrogens is 376 g/mol. The Balaban J connectivity index is 0.00000225. The topological polar surface area (TPSA) is 73.6 Å². The van der Waals surface area contributed by atoms with Crippen LogP contribution in [-0.4, -0.2) is 25.7 Å². The molecule has 0 spiro atoms. The van der Waals surface area contributed by atoms with Gasteiger partial charge in [0.2, 0.25) is 5.91 Å². The highest BCUT2D eigenvalue weighted by atomic mass is 35.5. The summed E-state index contributed by atoms with van der Waals surface area (Å²) in [6.07, 6.45) is 4.42. The molecule has 6 heteroatoms. The SMILES string of the molecule is Cl.NC(C(=O)NCC1(c2ccc3c(c2)OCCO3)CCCC1)c1ccccc1.